The van der Waals surface area contributed by atoms with Crippen molar-refractivity contribution in [1.29, 1.82) is 0 Å². The van der Waals surface area contributed by atoms with Crippen molar-refractivity contribution in [3.05, 3.63) is 23.8 Å². The second kappa shape index (κ2) is 4.16. The fourth-order valence-electron chi connectivity index (χ4n) is 0.831. The molecule has 15 heavy (non-hydrogen) atoms. The average molecular weight is 218 g/mol. The minimum Gasteiger partial charge on any atom is -0.303 e. The van der Waals surface area contributed by atoms with E-state index in [1.165, 1.54) is 0 Å². The third-order valence-electron chi connectivity index (χ3n) is 1.46. The highest BCUT2D eigenvalue weighted by Gasteiger charge is 2.34. The van der Waals surface area contributed by atoms with Crippen LogP contribution in [0.5, 0.6) is 0 Å². The third kappa shape index (κ3) is 2.83. The maximum Gasteiger partial charge on any atom is 0.451 e. The Bertz CT molecular complexity index is 390. The number of ketones is 1. The summed E-state index contributed by atoms with van der Waals surface area (Å²) in [7, 11) is 0. The lowest BCUT2D eigenvalue weighted by Gasteiger charge is -2.04. The fraction of sp³-hybridized carbons (Fsp3) is 0.250. The Morgan fingerprint density at radius 1 is 1.47 bits per heavy atom. The van der Waals surface area contributed by atoms with E-state index in [1.54, 1.807) is 0 Å². The summed E-state index contributed by atoms with van der Waals surface area (Å²) in [5, 5.41) is 0. The zero-order valence-electron chi connectivity index (χ0n) is 7.28. The predicted molar refractivity (Wildman–Crippen MR) is 42.0 cm³/mol. The van der Waals surface area contributed by atoms with E-state index < -0.39 is 29.9 Å². The van der Waals surface area contributed by atoms with Crippen LogP contribution >= 0.6 is 0 Å². The van der Waals surface area contributed by atoms with Crippen molar-refractivity contribution in [3.63, 3.8) is 0 Å². The molecule has 0 saturated carbocycles. The molecule has 0 bridgehead atoms. The number of halogens is 3. The molecule has 80 valence electrons. The van der Waals surface area contributed by atoms with Crippen LogP contribution < -0.4 is 0 Å². The highest BCUT2D eigenvalue weighted by atomic mass is 19.4. The van der Waals surface area contributed by atoms with Gasteiger partial charge in [-0.3, -0.25) is 4.79 Å². The van der Waals surface area contributed by atoms with Gasteiger partial charge in [-0.05, 0) is 6.07 Å². The van der Waals surface area contributed by atoms with E-state index in [0.717, 1.165) is 12.3 Å². The van der Waals surface area contributed by atoms with Gasteiger partial charge in [-0.25, -0.2) is 9.97 Å². The molecule has 1 aromatic rings. The van der Waals surface area contributed by atoms with Crippen LogP contribution in [-0.2, 0) is 11.0 Å². The van der Waals surface area contributed by atoms with Crippen molar-refractivity contribution >= 4 is 12.1 Å². The number of hydrogen-bond donors (Lipinski definition) is 0. The second-order valence-corrected chi connectivity index (χ2v) is 2.56. The predicted octanol–water partition coefficient (Wildman–Crippen LogP) is 1.27. The molecular weight excluding hydrogens is 213 g/mol. The maximum absolute atomic E-state index is 12.1. The molecule has 1 aromatic heterocycles. The molecule has 0 radical (unpaired) electrons. The number of rotatable bonds is 3. The van der Waals surface area contributed by atoms with Crippen LogP contribution in [0.4, 0.5) is 13.2 Å². The summed E-state index contributed by atoms with van der Waals surface area (Å²) in [4.78, 5) is 27.0. The number of nitrogens with zero attached hydrogens (tertiary/aromatic N) is 2. The number of aromatic nitrogens is 2. The summed E-state index contributed by atoms with van der Waals surface area (Å²) >= 11 is 0. The van der Waals surface area contributed by atoms with Crippen LogP contribution in [0, 0.1) is 0 Å². The monoisotopic (exact) mass is 218 g/mol. The van der Waals surface area contributed by atoms with E-state index in [9.17, 15) is 22.8 Å². The molecule has 0 aliphatic heterocycles. The zero-order chi connectivity index (χ0) is 11.5. The van der Waals surface area contributed by atoms with Crippen molar-refractivity contribution in [2.45, 2.75) is 12.6 Å². The van der Waals surface area contributed by atoms with Crippen LogP contribution in [0.2, 0.25) is 0 Å². The largest absolute Gasteiger partial charge is 0.451 e. The first kappa shape index (κ1) is 11.3. The summed E-state index contributed by atoms with van der Waals surface area (Å²) in [6.07, 6.45) is -4.06. The second-order valence-electron chi connectivity index (χ2n) is 2.56. The zero-order valence-corrected chi connectivity index (χ0v) is 7.28. The Morgan fingerprint density at radius 3 is 2.67 bits per heavy atom. The summed E-state index contributed by atoms with van der Waals surface area (Å²) < 4.78 is 36.3. The Kier molecular flexibility index (Phi) is 3.13. The molecule has 0 fully saturated rings. The summed E-state index contributed by atoms with van der Waals surface area (Å²) in [6.45, 7) is 0. The number of carbonyl (C=O) groups is 2. The van der Waals surface area contributed by atoms with Crippen LogP contribution in [0.3, 0.4) is 0 Å². The van der Waals surface area contributed by atoms with Crippen LogP contribution in [0.15, 0.2) is 12.3 Å². The minimum absolute atomic E-state index is 0.303. The molecule has 0 saturated heterocycles. The average Bonchev–Trinajstić information content (AvgIpc) is 2.17. The van der Waals surface area contributed by atoms with Gasteiger partial charge < -0.3 is 4.79 Å². The Balaban J connectivity index is 3.03. The van der Waals surface area contributed by atoms with Crippen LogP contribution in [0.1, 0.15) is 22.7 Å². The molecule has 1 rings (SSSR count). The molecule has 1 heterocycles. The first-order chi connectivity index (χ1) is 6.95. The van der Waals surface area contributed by atoms with Crippen molar-refractivity contribution in [2.75, 3.05) is 0 Å². The Morgan fingerprint density at radius 2 is 2.13 bits per heavy atom. The van der Waals surface area contributed by atoms with Gasteiger partial charge in [0.05, 0.1) is 6.42 Å². The third-order valence-corrected chi connectivity index (χ3v) is 1.46. The van der Waals surface area contributed by atoms with Gasteiger partial charge >= 0.3 is 6.18 Å². The molecule has 0 aliphatic carbocycles. The van der Waals surface area contributed by atoms with Gasteiger partial charge in [0.25, 0.3) is 0 Å². The SMILES string of the molecule is O=CCC(=O)c1ccnc(C(F)(F)F)n1. The van der Waals surface area contributed by atoms with Gasteiger partial charge in [0.15, 0.2) is 5.78 Å². The van der Waals surface area contributed by atoms with Gasteiger partial charge in [-0.2, -0.15) is 13.2 Å². The van der Waals surface area contributed by atoms with Crippen molar-refractivity contribution in [3.8, 4) is 0 Å². The first-order valence-corrected chi connectivity index (χ1v) is 3.82. The summed E-state index contributed by atoms with van der Waals surface area (Å²) in [6, 6.07) is 1.03. The molecule has 4 nitrogen and oxygen atoms in total. The lowest BCUT2D eigenvalue weighted by Crippen LogP contribution is -2.14. The molecule has 0 aromatic carbocycles. The van der Waals surface area contributed by atoms with Gasteiger partial charge in [-0.15, -0.1) is 0 Å². The van der Waals surface area contributed by atoms with Crippen molar-refractivity contribution in [1.82, 2.24) is 9.97 Å². The molecule has 7 heteroatoms. The molecular formula is C8H5F3N2O2. The molecule has 0 N–H and O–H groups in total. The smallest absolute Gasteiger partial charge is 0.303 e. The molecule has 0 spiro atoms. The van der Waals surface area contributed by atoms with Gasteiger partial charge in [-0.1, -0.05) is 0 Å². The van der Waals surface area contributed by atoms with Gasteiger partial charge in [0.1, 0.15) is 12.0 Å². The van der Waals surface area contributed by atoms with Gasteiger partial charge in [0.2, 0.25) is 5.82 Å². The number of alkyl halides is 3. The van der Waals surface area contributed by atoms with Crippen LogP contribution in [-0.4, -0.2) is 22.0 Å². The summed E-state index contributed by atoms with van der Waals surface area (Å²) in [5.74, 6) is -2.16. The first-order valence-electron chi connectivity index (χ1n) is 3.82. The number of carbonyl (C=O) groups excluding carboxylic acids is 2. The van der Waals surface area contributed by atoms with E-state index >= 15 is 0 Å². The van der Waals surface area contributed by atoms with E-state index in [4.69, 9.17) is 0 Å². The summed E-state index contributed by atoms with van der Waals surface area (Å²) in [5.41, 5.74) is -0.413. The van der Waals surface area contributed by atoms with Crippen molar-refractivity contribution < 1.29 is 22.8 Å². The Labute approximate surface area is 82.2 Å². The topological polar surface area (TPSA) is 59.9 Å². The molecule has 0 amide bonds. The fourth-order valence-corrected chi connectivity index (χ4v) is 0.831. The normalized spacial score (nSPS) is 11.1. The highest BCUT2D eigenvalue weighted by Crippen LogP contribution is 2.25. The molecule has 0 unspecified atom stereocenters. The Hall–Kier alpha value is -1.79. The number of hydrogen-bond acceptors (Lipinski definition) is 4. The maximum atomic E-state index is 12.1. The van der Waals surface area contributed by atoms with Crippen molar-refractivity contribution in [2.24, 2.45) is 0 Å². The number of aldehydes is 1. The lowest BCUT2D eigenvalue weighted by molar-refractivity contribution is -0.145. The van der Waals surface area contributed by atoms with Gasteiger partial charge in [0, 0.05) is 6.20 Å². The minimum atomic E-state index is -4.70. The van der Waals surface area contributed by atoms with Crippen LogP contribution in [0.25, 0.3) is 0 Å². The lowest BCUT2D eigenvalue weighted by atomic mass is 10.2. The van der Waals surface area contributed by atoms with E-state index in [0.29, 0.717) is 6.29 Å². The quantitative estimate of drug-likeness (QED) is 0.435. The van der Waals surface area contributed by atoms with E-state index in [2.05, 4.69) is 9.97 Å². The molecule has 0 atom stereocenters. The van der Waals surface area contributed by atoms with E-state index in [-0.39, 0.29) is 0 Å². The van der Waals surface area contributed by atoms with E-state index in [1.807, 2.05) is 0 Å². The number of Topliss-reactive ketones (excluding diaryl/α,β-unsaturated/α-hetero) is 1. The molecule has 0 aliphatic rings. The highest BCUT2D eigenvalue weighted by molar-refractivity contribution is 6.01. The standard InChI is InChI=1S/C8H5F3N2O2/c9-8(10,11)7-12-3-1-5(13-7)6(15)2-4-14/h1,3-4H,2H2.